The summed E-state index contributed by atoms with van der Waals surface area (Å²) in [4.78, 5) is 12.8. The zero-order chi connectivity index (χ0) is 21.0. The lowest BCUT2D eigenvalue weighted by Gasteiger charge is -2.36. The van der Waals surface area contributed by atoms with Gasteiger partial charge in [-0.3, -0.25) is 4.79 Å². The highest BCUT2D eigenvalue weighted by Crippen LogP contribution is 2.41. The van der Waals surface area contributed by atoms with E-state index in [0.29, 0.717) is 0 Å². The summed E-state index contributed by atoms with van der Waals surface area (Å²) in [6, 6.07) is 27.4. The van der Waals surface area contributed by atoms with E-state index in [4.69, 9.17) is 10.5 Å². The fourth-order valence-electron chi connectivity index (χ4n) is 4.12. The SMILES string of the molecule is CC(N)C(=O)OC(c1ccccc1)(c1ccccc1)c1ccc(C2=CCCC2)cc1. The van der Waals surface area contributed by atoms with E-state index in [-0.39, 0.29) is 0 Å². The topological polar surface area (TPSA) is 52.3 Å². The molecule has 1 unspecified atom stereocenters. The van der Waals surface area contributed by atoms with Crippen molar-refractivity contribution >= 4 is 11.5 Å². The van der Waals surface area contributed by atoms with Gasteiger partial charge >= 0.3 is 5.97 Å². The maximum atomic E-state index is 12.8. The number of benzene rings is 3. The molecule has 3 nitrogen and oxygen atoms in total. The number of hydrogen-bond donors (Lipinski definition) is 1. The van der Waals surface area contributed by atoms with Gasteiger partial charge in [0, 0.05) is 16.7 Å². The van der Waals surface area contributed by atoms with Crippen molar-refractivity contribution in [3.05, 3.63) is 113 Å². The summed E-state index contributed by atoms with van der Waals surface area (Å²) in [6.07, 6.45) is 5.77. The van der Waals surface area contributed by atoms with Gasteiger partial charge in [0.25, 0.3) is 0 Å². The summed E-state index contributed by atoms with van der Waals surface area (Å²) in [6.45, 7) is 1.65. The minimum Gasteiger partial charge on any atom is -0.443 e. The van der Waals surface area contributed by atoms with Crippen molar-refractivity contribution in [3.8, 4) is 0 Å². The average Bonchev–Trinajstić information content (AvgIpc) is 3.34. The summed E-state index contributed by atoms with van der Waals surface area (Å²) in [5.74, 6) is -0.440. The number of allylic oxidation sites excluding steroid dienone is 2. The Bertz CT molecular complexity index is 982. The van der Waals surface area contributed by atoms with Gasteiger partial charge in [0.1, 0.15) is 6.04 Å². The maximum Gasteiger partial charge on any atom is 0.324 e. The van der Waals surface area contributed by atoms with Crippen LogP contribution in [0.5, 0.6) is 0 Å². The fourth-order valence-corrected chi connectivity index (χ4v) is 4.12. The van der Waals surface area contributed by atoms with Gasteiger partial charge in [0.15, 0.2) is 5.60 Å². The van der Waals surface area contributed by atoms with Crippen LogP contribution in [0.15, 0.2) is 91.0 Å². The molecule has 1 aliphatic carbocycles. The van der Waals surface area contributed by atoms with Gasteiger partial charge in [0.05, 0.1) is 0 Å². The largest absolute Gasteiger partial charge is 0.443 e. The fraction of sp³-hybridized carbons (Fsp3) is 0.222. The quantitative estimate of drug-likeness (QED) is 0.445. The molecule has 0 saturated heterocycles. The number of carbonyl (C=O) groups is 1. The van der Waals surface area contributed by atoms with E-state index in [1.165, 1.54) is 17.6 Å². The monoisotopic (exact) mass is 397 g/mol. The first-order valence-electron chi connectivity index (χ1n) is 10.5. The van der Waals surface area contributed by atoms with Crippen molar-refractivity contribution in [2.24, 2.45) is 5.73 Å². The van der Waals surface area contributed by atoms with Crippen molar-refractivity contribution in [2.75, 3.05) is 0 Å². The van der Waals surface area contributed by atoms with Crippen molar-refractivity contribution in [1.29, 1.82) is 0 Å². The highest BCUT2D eigenvalue weighted by Gasteiger charge is 2.41. The van der Waals surface area contributed by atoms with Crippen LogP contribution in [0.25, 0.3) is 5.57 Å². The van der Waals surface area contributed by atoms with E-state index in [1.54, 1.807) is 6.92 Å². The molecule has 1 atom stereocenters. The molecule has 152 valence electrons. The molecule has 0 radical (unpaired) electrons. The van der Waals surface area contributed by atoms with Crippen molar-refractivity contribution in [2.45, 2.75) is 37.8 Å². The van der Waals surface area contributed by atoms with Crippen LogP contribution < -0.4 is 5.73 Å². The second-order valence-electron chi connectivity index (χ2n) is 7.82. The van der Waals surface area contributed by atoms with Gasteiger partial charge in [-0.1, -0.05) is 91.0 Å². The molecule has 0 spiro atoms. The highest BCUT2D eigenvalue weighted by molar-refractivity contribution is 5.77. The predicted octanol–water partition coefficient (Wildman–Crippen LogP) is 5.44. The zero-order valence-corrected chi connectivity index (χ0v) is 17.3. The summed E-state index contributed by atoms with van der Waals surface area (Å²) < 4.78 is 6.24. The van der Waals surface area contributed by atoms with Crippen molar-refractivity contribution < 1.29 is 9.53 Å². The van der Waals surface area contributed by atoms with Crippen LogP contribution in [0.4, 0.5) is 0 Å². The first-order chi connectivity index (χ1) is 14.6. The second kappa shape index (κ2) is 8.68. The lowest BCUT2D eigenvalue weighted by atomic mass is 9.79. The molecule has 0 aliphatic heterocycles. The number of hydrogen-bond acceptors (Lipinski definition) is 3. The van der Waals surface area contributed by atoms with E-state index in [1.807, 2.05) is 60.7 Å². The standard InChI is InChI=1S/C27H27NO2/c1-20(28)26(29)30-27(23-12-4-2-5-13-23,24-14-6-3-7-15-24)25-18-16-22(17-19-25)21-10-8-9-11-21/h2-7,10,12-20H,8-9,11,28H2,1H3. The van der Waals surface area contributed by atoms with E-state index >= 15 is 0 Å². The van der Waals surface area contributed by atoms with Gasteiger partial charge in [-0.25, -0.2) is 0 Å². The third-order valence-electron chi connectivity index (χ3n) is 5.69. The van der Waals surface area contributed by atoms with Gasteiger partial charge in [-0.2, -0.15) is 0 Å². The third kappa shape index (κ3) is 3.81. The van der Waals surface area contributed by atoms with E-state index in [9.17, 15) is 4.79 Å². The van der Waals surface area contributed by atoms with Gasteiger partial charge < -0.3 is 10.5 Å². The van der Waals surface area contributed by atoms with E-state index in [2.05, 4.69) is 30.3 Å². The Balaban J connectivity index is 1.90. The average molecular weight is 398 g/mol. The Hall–Kier alpha value is -3.17. The Labute approximate surface area is 178 Å². The Morgan fingerprint density at radius 3 is 1.87 bits per heavy atom. The molecule has 1 aliphatic rings. The smallest absolute Gasteiger partial charge is 0.324 e. The maximum absolute atomic E-state index is 12.8. The lowest BCUT2D eigenvalue weighted by molar-refractivity contribution is -0.154. The lowest BCUT2D eigenvalue weighted by Crippen LogP contribution is -2.40. The molecule has 0 saturated carbocycles. The molecule has 4 rings (SSSR count). The van der Waals surface area contributed by atoms with Crippen LogP contribution in [0, 0.1) is 0 Å². The molecule has 0 bridgehead atoms. The molecule has 0 fully saturated rings. The number of rotatable bonds is 6. The van der Waals surface area contributed by atoms with Crippen LogP contribution in [-0.4, -0.2) is 12.0 Å². The van der Waals surface area contributed by atoms with E-state index < -0.39 is 17.6 Å². The van der Waals surface area contributed by atoms with Gasteiger partial charge in [-0.05, 0) is 37.3 Å². The second-order valence-corrected chi connectivity index (χ2v) is 7.82. The number of ether oxygens (including phenoxy) is 1. The van der Waals surface area contributed by atoms with E-state index in [0.717, 1.165) is 29.5 Å². The minimum atomic E-state index is -1.07. The molecule has 3 heteroatoms. The number of carbonyl (C=O) groups excluding carboxylic acids is 1. The van der Waals surface area contributed by atoms with Crippen LogP contribution in [-0.2, 0) is 15.1 Å². The molecular formula is C27H27NO2. The third-order valence-corrected chi connectivity index (χ3v) is 5.69. The Kier molecular flexibility index (Phi) is 5.82. The molecule has 0 aromatic heterocycles. The molecule has 0 amide bonds. The Morgan fingerprint density at radius 1 is 0.867 bits per heavy atom. The van der Waals surface area contributed by atoms with Gasteiger partial charge in [0.2, 0.25) is 0 Å². The minimum absolute atomic E-state index is 0.440. The molecule has 3 aromatic rings. The molecular weight excluding hydrogens is 370 g/mol. The number of esters is 1. The molecule has 3 aromatic carbocycles. The molecule has 2 N–H and O–H groups in total. The van der Waals surface area contributed by atoms with Crippen LogP contribution in [0.3, 0.4) is 0 Å². The van der Waals surface area contributed by atoms with Crippen molar-refractivity contribution in [1.82, 2.24) is 0 Å². The molecule has 0 heterocycles. The predicted molar refractivity (Wildman–Crippen MR) is 121 cm³/mol. The highest BCUT2D eigenvalue weighted by atomic mass is 16.6. The number of nitrogens with two attached hydrogens (primary N) is 1. The summed E-state index contributed by atoms with van der Waals surface area (Å²) in [5.41, 5.74) is 10.1. The van der Waals surface area contributed by atoms with Crippen molar-refractivity contribution in [3.63, 3.8) is 0 Å². The summed E-state index contributed by atoms with van der Waals surface area (Å²) >= 11 is 0. The van der Waals surface area contributed by atoms with Gasteiger partial charge in [-0.15, -0.1) is 0 Å². The normalized spacial score (nSPS) is 14.8. The summed E-state index contributed by atoms with van der Waals surface area (Å²) in [5, 5.41) is 0. The van der Waals surface area contributed by atoms with Crippen LogP contribution in [0.2, 0.25) is 0 Å². The summed E-state index contributed by atoms with van der Waals surface area (Å²) in [7, 11) is 0. The Morgan fingerprint density at radius 2 is 1.40 bits per heavy atom. The molecule has 30 heavy (non-hydrogen) atoms. The first kappa shape index (κ1) is 20.1. The van der Waals surface area contributed by atoms with Crippen LogP contribution >= 0.6 is 0 Å². The van der Waals surface area contributed by atoms with Crippen LogP contribution in [0.1, 0.15) is 48.4 Å². The zero-order valence-electron chi connectivity index (χ0n) is 17.3. The first-order valence-corrected chi connectivity index (χ1v) is 10.5.